The number of aliphatic hydroxyl groups excluding tert-OH is 1. The largest absolute Gasteiger partial charge is 0.386 e. The molecule has 0 aliphatic heterocycles. The molecule has 102 valence electrons. The Kier molecular flexibility index (Phi) is 4.40. The lowest BCUT2D eigenvalue weighted by Crippen LogP contribution is -2.39. The Balaban J connectivity index is 2.22. The predicted octanol–water partition coefficient (Wildman–Crippen LogP) is 2.24. The highest BCUT2D eigenvalue weighted by Gasteiger charge is 2.39. The van der Waals surface area contributed by atoms with E-state index in [1.165, 1.54) is 19.3 Å². The van der Waals surface area contributed by atoms with Gasteiger partial charge in [-0.15, -0.1) is 0 Å². The van der Waals surface area contributed by atoms with Crippen LogP contribution in [0.1, 0.15) is 57.2 Å². The van der Waals surface area contributed by atoms with E-state index in [2.05, 4.69) is 12.0 Å². The number of rotatable bonds is 5. The summed E-state index contributed by atoms with van der Waals surface area (Å²) in [6.07, 6.45) is 8.01. The van der Waals surface area contributed by atoms with E-state index in [9.17, 15) is 5.11 Å². The van der Waals surface area contributed by atoms with Crippen LogP contribution >= 0.6 is 0 Å². The molecule has 2 rings (SSSR count). The van der Waals surface area contributed by atoms with Gasteiger partial charge in [0.15, 0.2) is 0 Å². The summed E-state index contributed by atoms with van der Waals surface area (Å²) in [5.74, 6) is 0. The molecule has 0 amide bonds. The monoisotopic (exact) mass is 251 g/mol. The molecule has 1 unspecified atom stereocenters. The molecule has 1 atom stereocenters. The van der Waals surface area contributed by atoms with Crippen LogP contribution in [-0.2, 0) is 6.54 Å². The molecular formula is C14H25N3O. The highest BCUT2D eigenvalue weighted by Crippen LogP contribution is 2.45. The average molecular weight is 251 g/mol. The zero-order valence-electron chi connectivity index (χ0n) is 11.3. The number of aliphatic hydroxyl groups is 1. The summed E-state index contributed by atoms with van der Waals surface area (Å²) < 4.78 is 1.93. The van der Waals surface area contributed by atoms with E-state index in [0.29, 0.717) is 6.54 Å². The smallest absolute Gasteiger partial charge is 0.102 e. The van der Waals surface area contributed by atoms with Crippen molar-refractivity contribution in [3.05, 3.63) is 18.0 Å². The van der Waals surface area contributed by atoms with Crippen molar-refractivity contribution in [1.82, 2.24) is 9.78 Å². The number of aryl methyl sites for hydroxylation is 1. The van der Waals surface area contributed by atoms with Crippen molar-refractivity contribution in [2.24, 2.45) is 11.1 Å². The van der Waals surface area contributed by atoms with Gasteiger partial charge in [-0.05, 0) is 25.3 Å². The van der Waals surface area contributed by atoms with Crippen LogP contribution in [0, 0.1) is 5.41 Å². The molecule has 0 saturated heterocycles. The maximum Gasteiger partial charge on any atom is 0.102 e. The predicted molar refractivity (Wildman–Crippen MR) is 72.1 cm³/mol. The molecule has 1 heterocycles. The van der Waals surface area contributed by atoms with Gasteiger partial charge < -0.3 is 10.8 Å². The molecule has 0 aromatic carbocycles. The van der Waals surface area contributed by atoms with Crippen molar-refractivity contribution in [3.8, 4) is 0 Å². The van der Waals surface area contributed by atoms with Gasteiger partial charge in [-0.25, -0.2) is 0 Å². The quantitative estimate of drug-likeness (QED) is 0.843. The molecule has 1 aliphatic rings. The van der Waals surface area contributed by atoms with Crippen LogP contribution in [0.25, 0.3) is 0 Å². The van der Waals surface area contributed by atoms with Crippen LogP contribution < -0.4 is 5.73 Å². The zero-order valence-corrected chi connectivity index (χ0v) is 11.3. The van der Waals surface area contributed by atoms with Gasteiger partial charge in [0.2, 0.25) is 0 Å². The second-order valence-electron chi connectivity index (χ2n) is 5.51. The summed E-state index contributed by atoms with van der Waals surface area (Å²) in [6, 6.07) is 1.94. The maximum atomic E-state index is 10.8. The lowest BCUT2D eigenvalue weighted by molar-refractivity contribution is -0.00516. The van der Waals surface area contributed by atoms with Crippen LogP contribution in [0.4, 0.5) is 0 Å². The topological polar surface area (TPSA) is 64.1 Å². The van der Waals surface area contributed by atoms with Crippen molar-refractivity contribution in [2.75, 3.05) is 6.54 Å². The van der Waals surface area contributed by atoms with Crippen LogP contribution in [0.5, 0.6) is 0 Å². The Morgan fingerprint density at radius 2 is 2.17 bits per heavy atom. The highest BCUT2D eigenvalue weighted by molar-refractivity contribution is 5.10. The van der Waals surface area contributed by atoms with E-state index >= 15 is 0 Å². The van der Waals surface area contributed by atoms with Gasteiger partial charge in [-0.1, -0.05) is 26.2 Å². The fourth-order valence-electron chi connectivity index (χ4n) is 3.13. The molecule has 4 heteroatoms. The minimum atomic E-state index is -0.475. The first kappa shape index (κ1) is 13.6. The van der Waals surface area contributed by atoms with E-state index in [1.807, 2.05) is 10.7 Å². The first-order valence-corrected chi connectivity index (χ1v) is 7.13. The standard InChI is InChI=1S/C14H25N3O/c1-2-10-17-12(6-9-16-17)13(18)14(11-15)7-4-3-5-8-14/h6,9,13,18H,2-5,7-8,10-11,15H2,1H3. The summed E-state index contributed by atoms with van der Waals surface area (Å²) in [6.45, 7) is 3.54. The van der Waals surface area contributed by atoms with Crippen molar-refractivity contribution < 1.29 is 5.11 Å². The van der Waals surface area contributed by atoms with Crippen molar-refractivity contribution >= 4 is 0 Å². The first-order chi connectivity index (χ1) is 8.73. The highest BCUT2D eigenvalue weighted by atomic mass is 16.3. The third-order valence-corrected chi connectivity index (χ3v) is 4.30. The Morgan fingerprint density at radius 3 is 2.78 bits per heavy atom. The minimum Gasteiger partial charge on any atom is -0.386 e. The molecule has 4 nitrogen and oxygen atoms in total. The Labute approximate surface area is 109 Å². The van der Waals surface area contributed by atoms with Gasteiger partial charge >= 0.3 is 0 Å². The zero-order chi connectivity index (χ0) is 13.0. The Hall–Kier alpha value is -0.870. The Morgan fingerprint density at radius 1 is 1.44 bits per heavy atom. The lowest BCUT2D eigenvalue weighted by atomic mass is 9.69. The van der Waals surface area contributed by atoms with Crippen molar-refractivity contribution in [3.63, 3.8) is 0 Å². The third-order valence-electron chi connectivity index (χ3n) is 4.30. The number of aromatic nitrogens is 2. The summed E-state index contributed by atoms with van der Waals surface area (Å²) in [5, 5.41) is 15.1. The van der Waals surface area contributed by atoms with E-state index in [-0.39, 0.29) is 5.41 Å². The molecule has 1 saturated carbocycles. The fraction of sp³-hybridized carbons (Fsp3) is 0.786. The third kappa shape index (κ3) is 2.45. The SMILES string of the molecule is CCCn1nccc1C(O)C1(CN)CCCCC1. The molecule has 3 N–H and O–H groups in total. The van der Waals surface area contributed by atoms with Crippen LogP contribution in [0.2, 0.25) is 0 Å². The Bertz CT molecular complexity index is 369. The second kappa shape index (κ2) is 5.85. The van der Waals surface area contributed by atoms with Gasteiger partial charge in [0.05, 0.1) is 5.69 Å². The summed E-state index contributed by atoms with van der Waals surface area (Å²) in [4.78, 5) is 0. The normalized spacial score (nSPS) is 20.8. The number of hydrogen-bond donors (Lipinski definition) is 2. The lowest BCUT2D eigenvalue weighted by Gasteiger charge is -2.40. The van der Waals surface area contributed by atoms with Gasteiger partial charge in [0.25, 0.3) is 0 Å². The molecule has 1 fully saturated rings. The van der Waals surface area contributed by atoms with E-state index in [1.54, 1.807) is 6.20 Å². The van der Waals surface area contributed by atoms with E-state index in [4.69, 9.17) is 5.73 Å². The van der Waals surface area contributed by atoms with Gasteiger partial charge in [0, 0.05) is 24.7 Å². The summed E-state index contributed by atoms with van der Waals surface area (Å²) >= 11 is 0. The van der Waals surface area contributed by atoms with Crippen LogP contribution in [0.3, 0.4) is 0 Å². The van der Waals surface area contributed by atoms with Crippen LogP contribution in [0.15, 0.2) is 12.3 Å². The summed E-state index contributed by atoms with van der Waals surface area (Å²) in [7, 11) is 0. The molecule has 1 aromatic heterocycles. The molecule has 0 spiro atoms. The first-order valence-electron chi connectivity index (χ1n) is 7.13. The molecule has 1 aliphatic carbocycles. The maximum absolute atomic E-state index is 10.8. The molecule has 0 radical (unpaired) electrons. The average Bonchev–Trinajstić information content (AvgIpc) is 2.87. The second-order valence-corrected chi connectivity index (χ2v) is 5.51. The van der Waals surface area contributed by atoms with Crippen LogP contribution in [-0.4, -0.2) is 21.4 Å². The van der Waals surface area contributed by atoms with Crippen molar-refractivity contribution in [2.45, 2.75) is 58.1 Å². The minimum absolute atomic E-state index is 0.135. The summed E-state index contributed by atoms with van der Waals surface area (Å²) in [5.41, 5.74) is 6.78. The molecular weight excluding hydrogens is 226 g/mol. The molecule has 1 aromatic rings. The molecule has 18 heavy (non-hydrogen) atoms. The molecule has 0 bridgehead atoms. The van der Waals surface area contributed by atoms with E-state index in [0.717, 1.165) is 31.5 Å². The number of hydrogen-bond acceptors (Lipinski definition) is 3. The van der Waals surface area contributed by atoms with Gasteiger partial charge in [0.1, 0.15) is 6.10 Å². The fourth-order valence-corrected chi connectivity index (χ4v) is 3.13. The van der Waals surface area contributed by atoms with Gasteiger partial charge in [-0.2, -0.15) is 5.10 Å². The van der Waals surface area contributed by atoms with Crippen molar-refractivity contribution in [1.29, 1.82) is 0 Å². The number of nitrogens with zero attached hydrogens (tertiary/aromatic N) is 2. The number of nitrogens with two attached hydrogens (primary N) is 1. The van der Waals surface area contributed by atoms with E-state index < -0.39 is 6.10 Å². The van der Waals surface area contributed by atoms with Gasteiger partial charge in [-0.3, -0.25) is 4.68 Å².